The van der Waals surface area contributed by atoms with Gasteiger partial charge in [-0.3, -0.25) is 33.3 Å². The van der Waals surface area contributed by atoms with Crippen LogP contribution in [0.1, 0.15) is 41.5 Å². The van der Waals surface area contributed by atoms with Gasteiger partial charge < -0.3 is 225 Å². The highest BCUT2D eigenvalue weighted by atomic mass is 32.3. The first-order valence-corrected chi connectivity index (χ1v) is 39.6. The Morgan fingerprint density at radius 2 is 0.516 bits per heavy atom. The normalized spacial score (nSPS) is 45.9. The van der Waals surface area contributed by atoms with E-state index in [-0.39, 0.29) is 0 Å². The highest BCUT2D eigenvalue weighted by molar-refractivity contribution is 7.80. The first kappa shape index (κ1) is 101. The Kier molecular flexibility index (Phi) is 36.4. The van der Waals surface area contributed by atoms with Crippen molar-refractivity contribution in [2.24, 2.45) is 0 Å². The molecule has 0 aromatic carbocycles. The van der Waals surface area contributed by atoms with Gasteiger partial charge in [0.15, 0.2) is 56.6 Å². The SMILES string of the molecule is CC(=O)N[C@@H]1[C@H](O[C@@H]2[C@@H](O[C@@H]3[C@H](O)[C@H](O[C@H]4[C@H](O)[C@@H](NC(C)=O)[C@H](O[C@H]5[C@H](O)[C@@H](NC(C)=O)[C@H](O)O[C@@H]5CO)O[C@@H]4CO)O[C@H](CO[C@H]4O[C@H](CO[C@@H]5O[C@H](CO)[C@@H](O)[C@H](O)[C@H]5NC(C)=O)[C@@H](O)[C@H](O)[C@@H]4O[C@@H]4O[C@H](CO)[C@@H](O)[C@H](O)[C@H]4NC(C)=O)[C@H]3O)O[C@H](CO)[C@@H](O[C@@H]3O[C@H](CO)[C@@H](O)[C@H](O)[C@H]3NC(C)=O)[C@@H]2O)O[C@H](COS(=O)(=O)O)[C@@H](O)[C@@H]1O. The number of aliphatic hydroxyl groups is 22. The molecule has 29 N–H and O–H groups in total. The summed E-state index contributed by atoms with van der Waals surface area (Å²) >= 11 is 0. The van der Waals surface area contributed by atoms with Crippen molar-refractivity contribution in [2.45, 2.75) is 318 Å². The van der Waals surface area contributed by atoms with Crippen molar-refractivity contribution >= 4 is 45.8 Å². The molecule has 9 fully saturated rings. The van der Waals surface area contributed by atoms with Gasteiger partial charge in [0.1, 0.15) is 219 Å². The third kappa shape index (κ3) is 23.8. The fourth-order valence-corrected chi connectivity index (χ4v) is 15.6. The standard InChI is InChI=1S/C66H110N6O49S/c1-16(79)67-31-47(95)52(25(10-76)107-58(31)100)116-63-36(72-21(6)84)48(96)53(26(11-77)111-63)118-64-51(99)55(119-66-57(121-62-35(71-20(5)83)46(94)40(88)30(113-62)15-106-122(101,102)103)50(98)54(27(12-78)112-66)117-60-33(69-18(3)81)44(92)38(86)23(8-74)109-60)42(90)29(114-64)14-105-65-56(120-61-34(70-19(4)82)45(93)39(87)24(9-75)110-61)49(97)41(89)28(115-65)13-104-59-32(68-17(2)80)43(91)37(85)22(7-73)108-59/h22-66,73-78,85-100H,7-15H2,1-6H3,(H,67,79)(H,68,80)(H,69,81)(H,70,82)(H,71,83)(H,72,84)(H,101,102,103)/t22-,23-,24-,25-,26-,27-,28-,29-,30-,31-,32-,33-,34-,35+,36-,37-,38-,39-,40-,41-,42-,43-,44-,45-,46-,47-,48-,49+,50+,51+,52-,53-,54-,55+,56+,57+,58-,59-,60+,61+,62+,63+,64+,65+,66-/m1/s1. The van der Waals surface area contributed by atoms with E-state index >= 15 is 0 Å². The number of carbonyl (C=O) groups is 6. The van der Waals surface area contributed by atoms with Gasteiger partial charge >= 0.3 is 10.4 Å². The van der Waals surface area contributed by atoms with Gasteiger partial charge in [0.2, 0.25) is 35.4 Å². The Balaban J connectivity index is 1.15. The summed E-state index contributed by atoms with van der Waals surface area (Å²) in [6.45, 7) is -4.84. The van der Waals surface area contributed by atoms with E-state index < -0.39 is 381 Å². The maximum atomic E-state index is 13.1. The molecule has 9 aliphatic rings. The predicted octanol–water partition coefficient (Wildman–Crippen LogP) is -19.9. The van der Waals surface area contributed by atoms with Crippen LogP contribution in [0.5, 0.6) is 0 Å². The van der Waals surface area contributed by atoms with E-state index in [4.69, 9.17) is 80.5 Å². The van der Waals surface area contributed by atoms with Gasteiger partial charge in [-0.05, 0) is 0 Å². The number of hydrogen-bond acceptors (Lipinski definition) is 48. The van der Waals surface area contributed by atoms with Gasteiger partial charge in [0.05, 0.1) is 59.5 Å². The molecule has 0 bridgehead atoms. The van der Waals surface area contributed by atoms with E-state index in [9.17, 15) is 154 Å². The number of aliphatic hydroxyl groups excluding tert-OH is 22. The summed E-state index contributed by atoms with van der Waals surface area (Å²) in [5.41, 5.74) is 0. The van der Waals surface area contributed by atoms with Crippen LogP contribution in [0.4, 0.5) is 0 Å². The Hall–Kier alpha value is -4.87. The van der Waals surface area contributed by atoms with Gasteiger partial charge in [-0.15, -0.1) is 0 Å². The van der Waals surface area contributed by atoms with E-state index in [0.29, 0.717) is 0 Å². The minimum atomic E-state index is -5.43. The summed E-state index contributed by atoms with van der Waals surface area (Å²) in [6.07, 6.45) is -85.1. The fraction of sp³-hybridized carbons (Fsp3) is 0.909. The average Bonchev–Trinajstić information content (AvgIpc) is 0.776. The van der Waals surface area contributed by atoms with Crippen LogP contribution in [0.15, 0.2) is 0 Å². The van der Waals surface area contributed by atoms with Gasteiger partial charge in [0.25, 0.3) is 0 Å². The summed E-state index contributed by atoms with van der Waals surface area (Å²) in [5.74, 6) is -5.52. The number of amides is 6. The molecule has 6 amide bonds. The predicted molar refractivity (Wildman–Crippen MR) is 377 cm³/mol. The van der Waals surface area contributed by atoms with E-state index in [1.807, 2.05) is 0 Å². The van der Waals surface area contributed by atoms with Crippen LogP contribution in [-0.4, -0.2) is 496 Å². The molecule has 45 atom stereocenters. The van der Waals surface area contributed by atoms with Crippen molar-refractivity contribution < 1.29 is 239 Å². The molecule has 0 saturated carbocycles. The Labute approximate surface area is 691 Å². The smallest absolute Gasteiger partial charge is 0.394 e. The zero-order chi connectivity index (χ0) is 90.3. The quantitative estimate of drug-likeness (QED) is 0.0271. The van der Waals surface area contributed by atoms with Gasteiger partial charge in [-0.25, -0.2) is 4.18 Å². The molecule has 9 aliphatic heterocycles. The lowest BCUT2D eigenvalue weighted by atomic mass is 9.93. The van der Waals surface area contributed by atoms with Crippen LogP contribution in [0.3, 0.4) is 0 Å². The van der Waals surface area contributed by atoms with Crippen molar-refractivity contribution in [3.63, 3.8) is 0 Å². The topological polar surface area (TPSA) is 840 Å². The summed E-state index contributed by atoms with van der Waals surface area (Å²) in [6, 6.07) is -11.2. The second kappa shape index (κ2) is 44.0. The summed E-state index contributed by atoms with van der Waals surface area (Å²) in [5, 5.41) is 264. The highest BCUT2D eigenvalue weighted by Crippen LogP contribution is 2.40. The lowest BCUT2D eigenvalue weighted by Crippen LogP contribution is -2.71. The molecule has 55 nitrogen and oxygen atoms in total. The molecule has 9 rings (SSSR count). The average molecular weight is 1800 g/mol. The van der Waals surface area contributed by atoms with Crippen molar-refractivity contribution in [3.05, 3.63) is 0 Å². The molecular weight excluding hydrogens is 1690 g/mol. The van der Waals surface area contributed by atoms with Crippen LogP contribution >= 0.6 is 0 Å². The van der Waals surface area contributed by atoms with Gasteiger partial charge in [0, 0.05) is 41.5 Å². The highest BCUT2D eigenvalue weighted by Gasteiger charge is 2.61. The molecule has 0 unspecified atom stereocenters. The molecule has 56 heteroatoms. The van der Waals surface area contributed by atoms with Crippen molar-refractivity contribution in [1.82, 2.24) is 31.9 Å². The molecular formula is C66H110N6O49S. The van der Waals surface area contributed by atoms with Crippen LogP contribution < -0.4 is 31.9 Å². The van der Waals surface area contributed by atoms with E-state index in [2.05, 4.69) is 36.1 Å². The molecule has 704 valence electrons. The van der Waals surface area contributed by atoms with E-state index in [0.717, 1.165) is 41.5 Å². The number of ether oxygens (including phenoxy) is 17. The van der Waals surface area contributed by atoms with Crippen LogP contribution in [-0.2, 0) is 124 Å². The number of rotatable bonds is 33. The third-order valence-electron chi connectivity index (χ3n) is 21.3. The van der Waals surface area contributed by atoms with E-state index in [1.54, 1.807) is 0 Å². The molecule has 0 aliphatic carbocycles. The summed E-state index contributed by atoms with van der Waals surface area (Å²) < 4.78 is 140. The molecule has 9 heterocycles. The monoisotopic (exact) mass is 1800 g/mol. The number of carbonyl (C=O) groups excluding carboxylic acids is 6. The zero-order valence-corrected chi connectivity index (χ0v) is 66.5. The lowest BCUT2D eigenvalue weighted by Gasteiger charge is -2.51. The number of hydrogen-bond donors (Lipinski definition) is 29. The molecule has 0 spiro atoms. The molecule has 122 heavy (non-hydrogen) atoms. The van der Waals surface area contributed by atoms with E-state index in [1.165, 1.54) is 0 Å². The minimum absolute atomic E-state index is 0.819. The first-order valence-electron chi connectivity index (χ1n) is 38.3. The largest absolute Gasteiger partial charge is 0.397 e. The lowest BCUT2D eigenvalue weighted by molar-refractivity contribution is -0.403. The van der Waals surface area contributed by atoms with Crippen LogP contribution in [0, 0.1) is 0 Å². The molecule has 0 radical (unpaired) electrons. The van der Waals surface area contributed by atoms with Crippen molar-refractivity contribution in [3.8, 4) is 0 Å². The summed E-state index contributed by atoms with van der Waals surface area (Å²) in [7, 11) is -5.43. The Bertz CT molecular complexity index is 3510. The third-order valence-corrected chi connectivity index (χ3v) is 21.8. The second-order valence-corrected chi connectivity index (χ2v) is 31.3. The number of nitrogens with one attached hydrogen (secondary N) is 6. The maximum absolute atomic E-state index is 13.1. The fourth-order valence-electron chi connectivity index (χ4n) is 15.3. The molecule has 0 aromatic heterocycles. The molecule has 9 saturated heterocycles. The van der Waals surface area contributed by atoms with Crippen molar-refractivity contribution in [2.75, 3.05) is 59.5 Å². The first-order chi connectivity index (χ1) is 57.4. The van der Waals surface area contributed by atoms with Crippen LogP contribution in [0.2, 0.25) is 0 Å². The maximum Gasteiger partial charge on any atom is 0.397 e. The minimum Gasteiger partial charge on any atom is -0.394 e. The zero-order valence-electron chi connectivity index (χ0n) is 65.7. The van der Waals surface area contributed by atoms with Gasteiger partial charge in [-0.2, -0.15) is 8.42 Å². The molecule has 0 aromatic rings. The summed E-state index contributed by atoms with van der Waals surface area (Å²) in [4.78, 5) is 76.1. The van der Waals surface area contributed by atoms with Crippen molar-refractivity contribution in [1.29, 1.82) is 0 Å². The van der Waals surface area contributed by atoms with Gasteiger partial charge in [-0.1, -0.05) is 0 Å². The van der Waals surface area contributed by atoms with Crippen LogP contribution in [0.25, 0.3) is 0 Å². The second-order valence-electron chi connectivity index (χ2n) is 30.2. The Morgan fingerprint density at radius 1 is 0.254 bits per heavy atom. The Morgan fingerprint density at radius 3 is 0.926 bits per heavy atom.